The van der Waals surface area contributed by atoms with E-state index in [4.69, 9.17) is 4.74 Å². The standard InChI is InChI=1S/C21H22BrN3O3/c1-4-28-16-7-5-14-10-19(23-18(14)11-16)21(27)25(3)12-20(26)24-17-8-6-15(22)9-13(17)2/h5-11,23H,4,12H2,1-3H3,(H,24,26). The molecule has 0 saturated heterocycles. The maximum atomic E-state index is 12.7. The number of aromatic nitrogens is 1. The van der Waals surface area contributed by atoms with E-state index in [1.165, 1.54) is 4.90 Å². The molecule has 0 unspecified atom stereocenters. The van der Waals surface area contributed by atoms with Crippen molar-refractivity contribution in [3.8, 4) is 5.75 Å². The predicted octanol–water partition coefficient (Wildman–Crippen LogP) is 4.35. The van der Waals surface area contributed by atoms with Crippen molar-refractivity contribution < 1.29 is 14.3 Å². The number of anilines is 1. The van der Waals surface area contributed by atoms with E-state index in [9.17, 15) is 9.59 Å². The number of ether oxygens (including phenoxy) is 1. The molecule has 0 fully saturated rings. The summed E-state index contributed by atoms with van der Waals surface area (Å²) in [7, 11) is 1.60. The number of aryl methyl sites for hydroxylation is 1. The molecule has 1 aromatic heterocycles. The third-order valence-electron chi connectivity index (χ3n) is 4.33. The molecule has 1 heterocycles. The minimum absolute atomic E-state index is 0.0477. The number of benzene rings is 2. The lowest BCUT2D eigenvalue weighted by molar-refractivity contribution is -0.116. The van der Waals surface area contributed by atoms with Gasteiger partial charge in [0.25, 0.3) is 5.91 Å². The summed E-state index contributed by atoms with van der Waals surface area (Å²) in [5.74, 6) is 0.237. The van der Waals surface area contributed by atoms with Crippen molar-refractivity contribution in [3.05, 3.63) is 58.2 Å². The maximum absolute atomic E-state index is 12.7. The SMILES string of the molecule is CCOc1ccc2cc(C(=O)N(C)CC(=O)Nc3ccc(Br)cc3C)[nH]c2c1. The second-order valence-electron chi connectivity index (χ2n) is 6.53. The molecule has 7 heteroatoms. The Morgan fingerprint density at radius 1 is 1.18 bits per heavy atom. The molecule has 28 heavy (non-hydrogen) atoms. The van der Waals surface area contributed by atoms with Crippen molar-refractivity contribution in [1.82, 2.24) is 9.88 Å². The average molecular weight is 444 g/mol. The molecule has 0 saturated carbocycles. The van der Waals surface area contributed by atoms with Crippen LogP contribution < -0.4 is 10.1 Å². The Kier molecular flexibility index (Phi) is 6.04. The largest absolute Gasteiger partial charge is 0.494 e. The monoisotopic (exact) mass is 443 g/mol. The number of H-pyrrole nitrogens is 1. The van der Waals surface area contributed by atoms with Gasteiger partial charge in [0.05, 0.1) is 13.2 Å². The average Bonchev–Trinajstić information content (AvgIpc) is 3.07. The molecule has 2 amide bonds. The molecular formula is C21H22BrN3O3. The number of nitrogens with zero attached hydrogens (tertiary/aromatic N) is 1. The fraction of sp³-hybridized carbons (Fsp3) is 0.238. The highest BCUT2D eigenvalue weighted by Gasteiger charge is 2.18. The lowest BCUT2D eigenvalue weighted by Gasteiger charge is -2.16. The molecule has 0 aliphatic carbocycles. The number of rotatable bonds is 6. The van der Waals surface area contributed by atoms with Crippen molar-refractivity contribution in [2.75, 3.05) is 25.5 Å². The maximum Gasteiger partial charge on any atom is 0.270 e. The Bertz CT molecular complexity index is 1030. The molecule has 2 N–H and O–H groups in total. The molecule has 0 radical (unpaired) electrons. The first kappa shape index (κ1) is 19.9. The minimum atomic E-state index is -0.254. The van der Waals surface area contributed by atoms with E-state index >= 15 is 0 Å². The van der Waals surface area contributed by atoms with Gasteiger partial charge in [-0.05, 0) is 55.8 Å². The number of fused-ring (bicyclic) bond motifs is 1. The van der Waals surface area contributed by atoms with Gasteiger partial charge < -0.3 is 19.9 Å². The van der Waals surface area contributed by atoms with E-state index in [1.54, 1.807) is 13.1 Å². The Balaban J connectivity index is 1.68. The second-order valence-corrected chi connectivity index (χ2v) is 7.45. The normalized spacial score (nSPS) is 10.7. The third-order valence-corrected chi connectivity index (χ3v) is 4.82. The highest BCUT2D eigenvalue weighted by molar-refractivity contribution is 9.10. The summed E-state index contributed by atoms with van der Waals surface area (Å²) in [4.78, 5) is 29.5. The first-order valence-corrected chi connectivity index (χ1v) is 9.73. The Hall–Kier alpha value is -2.80. The molecule has 2 aromatic carbocycles. The number of carbonyl (C=O) groups excluding carboxylic acids is 2. The van der Waals surface area contributed by atoms with Crippen LogP contribution in [-0.2, 0) is 4.79 Å². The molecule has 3 rings (SSSR count). The number of likely N-dealkylation sites (N-methyl/N-ethyl adjacent to an activating group) is 1. The van der Waals surface area contributed by atoms with E-state index in [0.717, 1.165) is 32.4 Å². The number of hydrogen-bond donors (Lipinski definition) is 2. The summed E-state index contributed by atoms with van der Waals surface area (Å²) in [6.07, 6.45) is 0. The van der Waals surface area contributed by atoms with Gasteiger partial charge in [-0.1, -0.05) is 15.9 Å². The molecule has 6 nitrogen and oxygen atoms in total. The van der Waals surface area contributed by atoms with Crippen molar-refractivity contribution >= 4 is 44.3 Å². The van der Waals surface area contributed by atoms with E-state index in [2.05, 4.69) is 26.2 Å². The zero-order valence-electron chi connectivity index (χ0n) is 16.0. The first-order valence-electron chi connectivity index (χ1n) is 8.94. The fourth-order valence-corrected chi connectivity index (χ4v) is 3.40. The zero-order chi connectivity index (χ0) is 20.3. The van der Waals surface area contributed by atoms with Gasteiger partial charge in [-0.3, -0.25) is 9.59 Å². The van der Waals surface area contributed by atoms with E-state index in [-0.39, 0.29) is 18.4 Å². The van der Waals surface area contributed by atoms with Gasteiger partial charge in [-0.25, -0.2) is 0 Å². The summed E-state index contributed by atoms with van der Waals surface area (Å²) in [5.41, 5.74) is 2.91. The molecule has 0 atom stereocenters. The minimum Gasteiger partial charge on any atom is -0.494 e. The van der Waals surface area contributed by atoms with Crippen LogP contribution in [0.4, 0.5) is 5.69 Å². The Morgan fingerprint density at radius 2 is 1.96 bits per heavy atom. The van der Waals surface area contributed by atoms with Crippen LogP contribution in [0.1, 0.15) is 23.0 Å². The number of amides is 2. The van der Waals surface area contributed by atoms with Crippen molar-refractivity contribution in [2.24, 2.45) is 0 Å². The van der Waals surface area contributed by atoms with Crippen LogP contribution in [0.5, 0.6) is 5.75 Å². The van der Waals surface area contributed by atoms with Crippen LogP contribution >= 0.6 is 15.9 Å². The lowest BCUT2D eigenvalue weighted by Crippen LogP contribution is -2.35. The topological polar surface area (TPSA) is 74.4 Å². The highest BCUT2D eigenvalue weighted by Crippen LogP contribution is 2.22. The van der Waals surface area contributed by atoms with Crippen molar-refractivity contribution in [1.29, 1.82) is 0 Å². The quantitative estimate of drug-likeness (QED) is 0.594. The summed E-state index contributed by atoms with van der Waals surface area (Å²) in [5, 5.41) is 3.75. The van der Waals surface area contributed by atoms with Crippen LogP contribution in [-0.4, -0.2) is 41.9 Å². The zero-order valence-corrected chi connectivity index (χ0v) is 17.6. The van der Waals surface area contributed by atoms with Gasteiger partial charge in [0.1, 0.15) is 11.4 Å². The van der Waals surface area contributed by atoms with Crippen molar-refractivity contribution in [3.63, 3.8) is 0 Å². The summed E-state index contributed by atoms with van der Waals surface area (Å²) >= 11 is 3.40. The highest BCUT2D eigenvalue weighted by atomic mass is 79.9. The van der Waals surface area contributed by atoms with E-state index in [0.29, 0.717) is 12.3 Å². The summed E-state index contributed by atoms with van der Waals surface area (Å²) in [6, 6.07) is 13.0. The van der Waals surface area contributed by atoms with Gasteiger partial charge >= 0.3 is 0 Å². The fourth-order valence-electron chi connectivity index (χ4n) is 2.93. The molecule has 146 valence electrons. The molecular weight excluding hydrogens is 422 g/mol. The van der Waals surface area contributed by atoms with Crippen LogP contribution in [0, 0.1) is 6.92 Å². The number of hydrogen-bond acceptors (Lipinski definition) is 3. The summed E-state index contributed by atoms with van der Waals surface area (Å²) in [6.45, 7) is 4.36. The van der Waals surface area contributed by atoms with Gasteiger partial charge in [0, 0.05) is 34.2 Å². The number of nitrogens with one attached hydrogen (secondary N) is 2. The number of carbonyl (C=O) groups is 2. The van der Waals surface area contributed by atoms with Crippen molar-refractivity contribution in [2.45, 2.75) is 13.8 Å². The van der Waals surface area contributed by atoms with Gasteiger partial charge in [-0.15, -0.1) is 0 Å². The first-order chi connectivity index (χ1) is 13.4. The molecule has 0 bridgehead atoms. The second kappa shape index (κ2) is 8.48. The van der Waals surface area contributed by atoms with E-state index < -0.39 is 0 Å². The number of aromatic amines is 1. The van der Waals surface area contributed by atoms with Gasteiger partial charge in [-0.2, -0.15) is 0 Å². The summed E-state index contributed by atoms with van der Waals surface area (Å²) < 4.78 is 6.43. The van der Waals surface area contributed by atoms with Gasteiger partial charge in [0.2, 0.25) is 5.91 Å². The van der Waals surface area contributed by atoms with Crippen LogP contribution in [0.25, 0.3) is 10.9 Å². The smallest absolute Gasteiger partial charge is 0.270 e. The molecule has 3 aromatic rings. The third kappa shape index (κ3) is 4.54. The Morgan fingerprint density at radius 3 is 2.68 bits per heavy atom. The van der Waals surface area contributed by atoms with E-state index in [1.807, 2.05) is 50.2 Å². The van der Waals surface area contributed by atoms with Crippen LogP contribution in [0.2, 0.25) is 0 Å². The van der Waals surface area contributed by atoms with Crippen LogP contribution in [0.3, 0.4) is 0 Å². The molecule has 0 aliphatic rings. The lowest BCUT2D eigenvalue weighted by atomic mass is 10.2. The van der Waals surface area contributed by atoms with Gasteiger partial charge in [0.15, 0.2) is 0 Å². The van der Waals surface area contributed by atoms with Crippen LogP contribution in [0.15, 0.2) is 46.9 Å². The number of halogens is 1. The Labute approximate surface area is 172 Å². The molecule has 0 spiro atoms. The molecule has 0 aliphatic heterocycles. The predicted molar refractivity (Wildman–Crippen MR) is 114 cm³/mol.